The van der Waals surface area contributed by atoms with E-state index >= 15 is 0 Å². The van der Waals surface area contributed by atoms with E-state index in [1.165, 1.54) is 6.26 Å². The Balaban J connectivity index is 2.61. The molecule has 3 aromatic rings. The minimum absolute atomic E-state index is 0.324. The van der Waals surface area contributed by atoms with Crippen LogP contribution in [0, 0.1) is 0 Å². The monoisotopic (exact) mass is 186 g/mol. The van der Waals surface area contributed by atoms with Crippen molar-refractivity contribution in [3.8, 4) is 0 Å². The highest BCUT2D eigenvalue weighted by Gasteiger charge is 2.13. The van der Waals surface area contributed by atoms with Crippen LogP contribution in [-0.2, 0) is 0 Å². The average Bonchev–Trinajstić information content (AvgIpc) is 2.75. The SMILES string of the molecule is O=Cc1occ2oc3ccccc3c12. The molecule has 2 aromatic heterocycles. The first-order valence-corrected chi connectivity index (χ1v) is 4.24. The summed E-state index contributed by atoms with van der Waals surface area (Å²) in [5, 5.41) is 1.67. The van der Waals surface area contributed by atoms with E-state index in [0.29, 0.717) is 17.6 Å². The molecular weight excluding hydrogens is 180 g/mol. The molecule has 0 bridgehead atoms. The third-order valence-electron chi connectivity index (χ3n) is 2.27. The molecule has 0 N–H and O–H groups in total. The maximum atomic E-state index is 10.7. The number of carbonyl (C=O) groups excluding carboxylic acids is 1. The number of hydrogen-bond acceptors (Lipinski definition) is 3. The van der Waals surface area contributed by atoms with Crippen LogP contribution >= 0.6 is 0 Å². The van der Waals surface area contributed by atoms with Crippen molar-refractivity contribution in [1.82, 2.24) is 0 Å². The molecule has 14 heavy (non-hydrogen) atoms. The molecule has 0 saturated heterocycles. The summed E-state index contributed by atoms with van der Waals surface area (Å²) in [5.41, 5.74) is 1.39. The molecule has 0 aliphatic heterocycles. The van der Waals surface area contributed by atoms with Crippen LogP contribution in [0.4, 0.5) is 0 Å². The normalized spacial score (nSPS) is 11.1. The van der Waals surface area contributed by atoms with E-state index in [4.69, 9.17) is 8.83 Å². The summed E-state index contributed by atoms with van der Waals surface area (Å²) >= 11 is 0. The Kier molecular flexibility index (Phi) is 1.31. The quantitative estimate of drug-likeness (QED) is 0.548. The Morgan fingerprint density at radius 3 is 2.86 bits per heavy atom. The molecule has 0 fully saturated rings. The van der Waals surface area contributed by atoms with Gasteiger partial charge in [0.2, 0.25) is 0 Å². The van der Waals surface area contributed by atoms with Crippen molar-refractivity contribution in [2.75, 3.05) is 0 Å². The summed E-state index contributed by atoms with van der Waals surface area (Å²) in [5.74, 6) is 0.324. The second-order valence-electron chi connectivity index (χ2n) is 3.06. The van der Waals surface area contributed by atoms with Gasteiger partial charge in [-0.25, -0.2) is 0 Å². The van der Waals surface area contributed by atoms with Gasteiger partial charge in [0, 0.05) is 5.39 Å². The highest BCUT2D eigenvalue weighted by molar-refractivity contribution is 6.10. The first-order chi connectivity index (χ1) is 6.90. The number of furan rings is 2. The summed E-state index contributed by atoms with van der Waals surface area (Å²) in [6.45, 7) is 0. The molecule has 0 radical (unpaired) electrons. The fourth-order valence-corrected chi connectivity index (χ4v) is 1.66. The molecule has 0 saturated carbocycles. The second-order valence-corrected chi connectivity index (χ2v) is 3.06. The average molecular weight is 186 g/mol. The van der Waals surface area contributed by atoms with Crippen LogP contribution in [0.15, 0.2) is 39.4 Å². The molecule has 68 valence electrons. The summed E-state index contributed by atoms with van der Waals surface area (Å²) in [6.07, 6.45) is 2.16. The maximum absolute atomic E-state index is 10.7. The minimum atomic E-state index is 0.324. The maximum Gasteiger partial charge on any atom is 0.186 e. The van der Waals surface area contributed by atoms with Gasteiger partial charge in [0.25, 0.3) is 0 Å². The van der Waals surface area contributed by atoms with Gasteiger partial charge < -0.3 is 8.83 Å². The summed E-state index contributed by atoms with van der Waals surface area (Å²) < 4.78 is 10.5. The molecule has 3 rings (SSSR count). The molecule has 0 unspecified atom stereocenters. The van der Waals surface area contributed by atoms with Gasteiger partial charge in [0.15, 0.2) is 17.6 Å². The highest BCUT2D eigenvalue weighted by atomic mass is 16.4. The molecular formula is C11H6O3. The third kappa shape index (κ3) is 0.785. The van der Waals surface area contributed by atoms with Gasteiger partial charge in [-0.15, -0.1) is 0 Å². The zero-order valence-corrected chi connectivity index (χ0v) is 7.19. The van der Waals surface area contributed by atoms with Gasteiger partial charge in [0.1, 0.15) is 11.8 Å². The Hall–Kier alpha value is -2.03. The topological polar surface area (TPSA) is 43.4 Å². The van der Waals surface area contributed by atoms with Gasteiger partial charge in [-0.05, 0) is 6.07 Å². The number of carbonyl (C=O) groups is 1. The zero-order chi connectivity index (χ0) is 9.54. The molecule has 2 heterocycles. The van der Waals surface area contributed by atoms with Crippen molar-refractivity contribution < 1.29 is 13.6 Å². The number of para-hydroxylation sites is 1. The standard InChI is InChI=1S/C11H6O3/c12-5-9-11-7-3-1-2-4-8(7)14-10(11)6-13-9/h1-6H. The van der Waals surface area contributed by atoms with Crippen molar-refractivity contribution >= 4 is 28.2 Å². The van der Waals surface area contributed by atoms with Crippen LogP contribution in [0.2, 0.25) is 0 Å². The first-order valence-electron chi connectivity index (χ1n) is 4.24. The Labute approximate surface area is 78.9 Å². The van der Waals surface area contributed by atoms with E-state index in [1.54, 1.807) is 0 Å². The van der Waals surface area contributed by atoms with Crippen LogP contribution < -0.4 is 0 Å². The predicted molar refractivity (Wildman–Crippen MR) is 51.4 cm³/mol. The first kappa shape index (κ1) is 7.38. The molecule has 0 aliphatic rings. The number of aldehydes is 1. The van der Waals surface area contributed by atoms with Crippen molar-refractivity contribution in [1.29, 1.82) is 0 Å². The van der Waals surface area contributed by atoms with Crippen molar-refractivity contribution in [2.45, 2.75) is 0 Å². The van der Waals surface area contributed by atoms with Crippen LogP contribution in [0.25, 0.3) is 21.9 Å². The van der Waals surface area contributed by atoms with E-state index in [9.17, 15) is 4.79 Å². The summed E-state index contributed by atoms with van der Waals surface area (Å²) in [6, 6.07) is 7.56. The van der Waals surface area contributed by atoms with E-state index in [0.717, 1.165) is 16.4 Å². The molecule has 0 amide bonds. The van der Waals surface area contributed by atoms with E-state index in [-0.39, 0.29) is 0 Å². The van der Waals surface area contributed by atoms with Gasteiger partial charge in [-0.1, -0.05) is 18.2 Å². The largest absolute Gasteiger partial charge is 0.457 e. The van der Waals surface area contributed by atoms with Gasteiger partial charge >= 0.3 is 0 Å². The Bertz CT molecular complexity index is 616. The molecule has 3 nitrogen and oxygen atoms in total. The lowest BCUT2D eigenvalue weighted by Gasteiger charge is -1.86. The lowest BCUT2D eigenvalue weighted by atomic mass is 10.2. The van der Waals surface area contributed by atoms with E-state index in [2.05, 4.69) is 0 Å². The molecule has 1 aromatic carbocycles. The molecule has 0 aliphatic carbocycles. The van der Waals surface area contributed by atoms with Crippen LogP contribution in [0.5, 0.6) is 0 Å². The van der Waals surface area contributed by atoms with Crippen molar-refractivity contribution in [3.63, 3.8) is 0 Å². The fraction of sp³-hybridized carbons (Fsp3) is 0. The number of benzene rings is 1. The fourth-order valence-electron chi connectivity index (χ4n) is 1.66. The Morgan fingerprint density at radius 2 is 2.00 bits per heavy atom. The molecule has 3 heteroatoms. The third-order valence-corrected chi connectivity index (χ3v) is 2.27. The smallest absolute Gasteiger partial charge is 0.186 e. The van der Waals surface area contributed by atoms with Crippen molar-refractivity contribution in [2.24, 2.45) is 0 Å². The number of hydrogen-bond donors (Lipinski definition) is 0. The number of fused-ring (bicyclic) bond motifs is 3. The highest BCUT2D eigenvalue weighted by Crippen LogP contribution is 2.31. The van der Waals surface area contributed by atoms with Crippen LogP contribution in [-0.4, -0.2) is 6.29 Å². The Morgan fingerprint density at radius 1 is 1.14 bits per heavy atom. The number of rotatable bonds is 1. The van der Waals surface area contributed by atoms with Gasteiger partial charge in [-0.2, -0.15) is 0 Å². The lowest BCUT2D eigenvalue weighted by Crippen LogP contribution is -1.72. The predicted octanol–water partition coefficient (Wildman–Crippen LogP) is 2.99. The van der Waals surface area contributed by atoms with Gasteiger partial charge in [-0.3, -0.25) is 4.79 Å². The second kappa shape index (κ2) is 2.48. The van der Waals surface area contributed by atoms with E-state index in [1.807, 2.05) is 24.3 Å². The molecule has 0 atom stereocenters. The van der Waals surface area contributed by atoms with E-state index < -0.39 is 0 Å². The summed E-state index contributed by atoms with van der Waals surface area (Å²) in [4.78, 5) is 10.7. The minimum Gasteiger partial charge on any atom is -0.457 e. The van der Waals surface area contributed by atoms with Gasteiger partial charge in [0.05, 0.1) is 5.39 Å². The zero-order valence-electron chi connectivity index (χ0n) is 7.19. The van der Waals surface area contributed by atoms with Crippen molar-refractivity contribution in [3.05, 3.63) is 36.3 Å². The summed E-state index contributed by atoms with van der Waals surface area (Å²) in [7, 11) is 0. The van der Waals surface area contributed by atoms with Crippen LogP contribution in [0.1, 0.15) is 10.6 Å². The molecule has 0 spiro atoms. The lowest BCUT2D eigenvalue weighted by molar-refractivity contribution is 0.110. The van der Waals surface area contributed by atoms with Crippen LogP contribution in [0.3, 0.4) is 0 Å².